The number of rotatable bonds is 3. The van der Waals surface area contributed by atoms with Crippen LogP contribution in [0.25, 0.3) is 0 Å². The lowest BCUT2D eigenvalue weighted by molar-refractivity contribution is -0.164. The van der Waals surface area contributed by atoms with Crippen molar-refractivity contribution in [3.63, 3.8) is 0 Å². The van der Waals surface area contributed by atoms with E-state index >= 15 is 0 Å². The number of benzene rings is 1. The van der Waals surface area contributed by atoms with Gasteiger partial charge in [0.15, 0.2) is 0 Å². The molecular weight excluding hydrogens is 274 g/mol. The van der Waals surface area contributed by atoms with Crippen molar-refractivity contribution in [3.05, 3.63) is 35.9 Å². The number of hydrogen-bond acceptors (Lipinski definition) is 5. The first-order valence-electron chi connectivity index (χ1n) is 6.83. The molecule has 0 spiro atoms. The number of hydrogen-bond donors (Lipinski definition) is 0. The zero-order chi connectivity index (χ0) is 14.9. The highest BCUT2D eigenvalue weighted by atomic mass is 16.6. The minimum absolute atomic E-state index is 0.0240. The number of ether oxygens (including phenoxy) is 3. The third-order valence-corrected chi connectivity index (χ3v) is 3.99. The van der Waals surface area contributed by atoms with Crippen LogP contribution in [-0.2, 0) is 25.4 Å². The van der Waals surface area contributed by atoms with E-state index in [2.05, 4.69) is 0 Å². The molecule has 21 heavy (non-hydrogen) atoms. The van der Waals surface area contributed by atoms with Crippen molar-refractivity contribution in [1.82, 2.24) is 4.90 Å². The van der Waals surface area contributed by atoms with E-state index in [0.717, 1.165) is 5.56 Å². The molecule has 2 saturated heterocycles. The summed E-state index contributed by atoms with van der Waals surface area (Å²) >= 11 is 0. The van der Waals surface area contributed by atoms with E-state index < -0.39 is 17.6 Å². The van der Waals surface area contributed by atoms with Crippen LogP contribution >= 0.6 is 0 Å². The fraction of sp³-hybridized carbons (Fsp3) is 0.467. The molecule has 2 aliphatic heterocycles. The van der Waals surface area contributed by atoms with Crippen LogP contribution in [0.3, 0.4) is 0 Å². The van der Waals surface area contributed by atoms with Gasteiger partial charge in [-0.2, -0.15) is 0 Å². The standard InChI is InChI=1S/C15H17NO5/c1-19-13(17)15-9-20-8-12(16(15)14(18)21-10-15)7-11-5-3-2-4-6-11/h2-6,12H,7-10H2,1H3/t12-,15?/m0/s1. The van der Waals surface area contributed by atoms with E-state index in [1.807, 2.05) is 30.3 Å². The summed E-state index contributed by atoms with van der Waals surface area (Å²) in [7, 11) is 1.30. The largest absolute Gasteiger partial charge is 0.467 e. The van der Waals surface area contributed by atoms with Crippen LogP contribution in [0.5, 0.6) is 0 Å². The number of cyclic esters (lactones) is 1. The summed E-state index contributed by atoms with van der Waals surface area (Å²) in [4.78, 5) is 25.7. The van der Waals surface area contributed by atoms with Crippen LogP contribution in [0.15, 0.2) is 30.3 Å². The maximum Gasteiger partial charge on any atom is 0.411 e. The summed E-state index contributed by atoms with van der Waals surface area (Å²) in [5.74, 6) is -0.494. The van der Waals surface area contributed by atoms with Gasteiger partial charge >= 0.3 is 12.1 Å². The Bertz CT molecular complexity index is 546. The Hall–Kier alpha value is -2.08. The molecule has 1 aromatic rings. The van der Waals surface area contributed by atoms with E-state index in [4.69, 9.17) is 14.2 Å². The lowest BCUT2D eigenvalue weighted by Gasteiger charge is -2.42. The quantitative estimate of drug-likeness (QED) is 0.777. The SMILES string of the molecule is COC(=O)C12COC[C@H](Cc3ccccc3)N1C(=O)OC2. The third kappa shape index (κ3) is 2.25. The summed E-state index contributed by atoms with van der Waals surface area (Å²) in [5.41, 5.74) is -0.0738. The van der Waals surface area contributed by atoms with Crippen LogP contribution in [0.1, 0.15) is 5.56 Å². The predicted molar refractivity (Wildman–Crippen MR) is 72.7 cm³/mol. The van der Waals surface area contributed by atoms with Gasteiger partial charge in [-0.3, -0.25) is 4.90 Å². The molecule has 0 saturated carbocycles. The molecule has 2 aliphatic rings. The van der Waals surface area contributed by atoms with E-state index in [1.165, 1.54) is 12.0 Å². The second-order valence-electron chi connectivity index (χ2n) is 5.31. The van der Waals surface area contributed by atoms with Crippen molar-refractivity contribution in [2.24, 2.45) is 0 Å². The van der Waals surface area contributed by atoms with Crippen molar-refractivity contribution in [2.45, 2.75) is 18.0 Å². The fourth-order valence-corrected chi connectivity index (χ4v) is 2.99. The van der Waals surface area contributed by atoms with Gasteiger partial charge in [0.1, 0.15) is 6.61 Å². The summed E-state index contributed by atoms with van der Waals surface area (Å²) in [6.07, 6.45) is 0.124. The predicted octanol–water partition coefficient (Wildman–Crippen LogP) is 0.992. The minimum atomic E-state index is -1.15. The maximum absolute atomic E-state index is 12.1. The molecule has 0 N–H and O–H groups in total. The van der Waals surface area contributed by atoms with E-state index in [-0.39, 0.29) is 19.3 Å². The molecule has 2 atom stereocenters. The first-order chi connectivity index (χ1) is 10.2. The van der Waals surface area contributed by atoms with Crippen molar-refractivity contribution in [1.29, 1.82) is 0 Å². The van der Waals surface area contributed by atoms with Gasteiger partial charge in [-0.05, 0) is 12.0 Å². The number of fused-ring (bicyclic) bond motifs is 1. The van der Waals surface area contributed by atoms with Crippen LogP contribution in [-0.4, -0.2) is 55.5 Å². The van der Waals surface area contributed by atoms with E-state index in [0.29, 0.717) is 13.0 Å². The number of nitrogens with zero attached hydrogens (tertiary/aromatic N) is 1. The number of carbonyl (C=O) groups is 2. The molecule has 1 aromatic carbocycles. The van der Waals surface area contributed by atoms with Crippen molar-refractivity contribution >= 4 is 12.1 Å². The number of amides is 1. The smallest absolute Gasteiger partial charge is 0.411 e. The molecule has 6 nitrogen and oxygen atoms in total. The van der Waals surface area contributed by atoms with Gasteiger partial charge < -0.3 is 14.2 Å². The molecule has 2 fully saturated rings. The van der Waals surface area contributed by atoms with Gasteiger partial charge in [-0.25, -0.2) is 9.59 Å². The second-order valence-corrected chi connectivity index (χ2v) is 5.31. The molecule has 2 heterocycles. The molecule has 3 rings (SSSR count). The van der Waals surface area contributed by atoms with E-state index in [9.17, 15) is 9.59 Å². The molecule has 0 bridgehead atoms. The highest BCUT2D eigenvalue weighted by Crippen LogP contribution is 2.33. The van der Waals surface area contributed by atoms with Crippen molar-refractivity contribution < 1.29 is 23.8 Å². The molecule has 1 unspecified atom stereocenters. The highest BCUT2D eigenvalue weighted by Gasteiger charge is 2.59. The number of morpholine rings is 1. The monoisotopic (exact) mass is 291 g/mol. The average Bonchev–Trinajstić information content (AvgIpc) is 2.87. The number of methoxy groups -OCH3 is 1. The van der Waals surface area contributed by atoms with Crippen LogP contribution in [0.4, 0.5) is 4.79 Å². The van der Waals surface area contributed by atoms with Gasteiger partial charge in [0.25, 0.3) is 0 Å². The zero-order valence-corrected chi connectivity index (χ0v) is 11.8. The number of carbonyl (C=O) groups excluding carboxylic acids is 2. The Labute approximate surface area is 122 Å². The van der Waals surface area contributed by atoms with Crippen molar-refractivity contribution in [2.75, 3.05) is 26.9 Å². The zero-order valence-electron chi connectivity index (χ0n) is 11.8. The first-order valence-corrected chi connectivity index (χ1v) is 6.83. The fourth-order valence-electron chi connectivity index (χ4n) is 2.99. The second kappa shape index (κ2) is 5.37. The van der Waals surface area contributed by atoms with Gasteiger partial charge in [0.2, 0.25) is 5.54 Å². The summed E-state index contributed by atoms with van der Waals surface area (Å²) < 4.78 is 15.5. The van der Waals surface area contributed by atoms with Gasteiger partial charge in [0.05, 0.1) is 26.4 Å². The maximum atomic E-state index is 12.1. The molecule has 1 amide bonds. The topological polar surface area (TPSA) is 65.1 Å². The molecule has 0 aliphatic carbocycles. The molecule has 0 radical (unpaired) electrons. The first kappa shape index (κ1) is 13.9. The molecule has 6 heteroatoms. The Morgan fingerprint density at radius 3 is 2.86 bits per heavy atom. The van der Waals surface area contributed by atoms with Crippen LogP contribution in [0, 0.1) is 0 Å². The Balaban J connectivity index is 1.88. The molecule has 112 valence electrons. The van der Waals surface area contributed by atoms with E-state index in [1.54, 1.807) is 0 Å². The Morgan fingerprint density at radius 1 is 1.38 bits per heavy atom. The van der Waals surface area contributed by atoms with Crippen LogP contribution < -0.4 is 0 Å². The normalized spacial score (nSPS) is 28.0. The highest BCUT2D eigenvalue weighted by molar-refractivity contribution is 5.89. The lowest BCUT2D eigenvalue weighted by atomic mass is 9.94. The minimum Gasteiger partial charge on any atom is -0.467 e. The Morgan fingerprint density at radius 2 is 2.14 bits per heavy atom. The average molecular weight is 291 g/mol. The summed E-state index contributed by atoms with van der Waals surface area (Å²) in [6.45, 7) is 0.462. The number of esters is 1. The molecular formula is C15H17NO5. The van der Waals surface area contributed by atoms with Gasteiger partial charge in [-0.1, -0.05) is 30.3 Å². The summed E-state index contributed by atoms with van der Waals surface area (Å²) in [6, 6.07) is 9.54. The van der Waals surface area contributed by atoms with Gasteiger partial charge in [-0.15, -0.1) is 0 Å². The molecule has 0 aromatic heterocycles. The third-order valence-electron chi connectivity index (χ3n) is 3.99. The van der Waals surface area contributed by atoms with Crippen LogP contribution in [0.2, 0.25) is 0 Å². The summed E-state index contributed by atoms with van der Waals surface area (Å²) in [5, 5.41) is 0. The Kier molecular flexibility index (Phi) is 3.55. The lowest BCUT2D eigenvalue weighted by Crippen LogP contribution is -2.65. The van der Waals surface area contributed by atoms with Gasteiger partial charge in [0, 0.05) is 0 Å². The van der Waals surface area contributed by atoms with Crippen molar-refractivity contribution in [3.8, 4) is 0 Å².